The van der Waals surface area contributed by atoms with Crippen LogP contribution in [-0.2, 0) is 9.53 Å². The first-order valence-corrected chi connectivity index (χ1v) is 4.64. The third kappa shape index (κ3) is 2.96. The van der Waals surface area contributed by atoms with Crippen LogP contribution in [-0.4, -0.2) is 13.1 Å². The predicted molar refractivity (Wildman–Crippen MR) is 55.2 cm³/mol. The SMILES string of the molecule is COC(=O)/C=C/c1ccc(Br)c(F)c1. The molecule has 0 bridgehead atoms. The van der Waals surface area contributed by atoms with Gasteiger partial charge in [-0.2, -0.15) is 0 Å². The van der Waals surface area contributed by atoms with E-state index in [0.717, 1.165) is 0 Å². The third-order valence-corrected chi connectivity index (χ3v) is 2.20. The molecule has 14 heavy (non-hydrogen) atoms. The van der Waals surface area contributed by atoms with Crippen molar-refractivity contribution in [3.63, 3.8) is 0 Å². The van der Waals surface area contributed by atoms with Crippen molar-refractivity contribution >= 4 is 28.0 Å². The number of hydrogen-bond donors (Lipinski definition) is 0. The Morgan fingerprint density at radius 3 is 2.86 bits per heavy atom. The number of ether oxygens (including phenoxy) is 1. The Balaban J connectivity index is 2.83. The molecule has 0 saturated carbocycles. The van der Waals surface area contributed by atoms with E-state index in [1.807, 2.05) is 0 Å². The number of esters is 1. The predicted octanol–water partition coefficient (Wildman–Crippen LogP) is 2.77. The van der Waals surface area contributed by atoms with E-state index >= 15 is 0 Å². The van der Waals surface area contributed by atoms with Crippen LogP contribution in [0.5, 0.6) is 0 Å². The maximum Gasteiger partial charge on any atom is 0.330 e. The summed E-state index contributed by atoms with van der Waals surface area (Å²) in [4.78, 5) is 10.7. The lowest BCUT2D eigenvalue weighted by Crippen LogP contribution is -1.93. The lowest BCUT2D eigenvalue weighted by atomic mass is 10.2. The molecule has 74 valence electrons. The van der Waals surface area contributed by atoms with Gasteiger partial charge in [-0.15, -0.1) is 0 Å². The van der Waals surface area contributed by atoms with Crippen LogP contribution in [0, 0.1) is 5.82 Å². The summed E-state index contributed by atoms with van der Waals surface area (Å²) >= 11 is 3.03. The topological polar surface area (TPSA) is 26.3 Å². The van der Waals surface area contributed by atoms with Gasteiger partial charge in [0, 0.05) is 6.08 Å². The van der Waals surface area contributed by atoms with Crippen LogP contribution in [0.2, 0.25) is 0 Å². The van der Waals surface area contributed by atoms with E-state index < -0.39 is 5.97 Å². The second-order valence-electron chi connectivity index (χ2n) is 2.53. The summed E-state index contributed by atoms with van der Waals surface area (Å²) in [5.74, 6) is -0.828. The molecule has 0 amide bonds. The Labute approximate surface area is 89.5 Å². The minimum absolute atomic E-state index is 0.364. The Morgan fingerprint density at radius 1 is 1.57 bits per heavy atom. The van der Waals surface area contributed by atoms with Crippen LogP contribution in [0.25, 0.3) is 6.08 Å². The number of carbonyl (C=O) groups is 1. The van der Waals surface area contributed by atoms with Gasteiger partial charge in [0.1, 0.15) is 5.82 Å². The first-order valence-electron chi connectivity index (χ1n) is 3.84. The van der Waals surface area contributed by atoms with Crippen LogP contribution < -0.4 is 0 Å². The quantitative estimate of drug-likeness (QED) is 0.603. The molecule has 0 aromatic heterocycles. The summed E-state index contributed by atoms with van der Waals surface area (Å²) < 4.78 is 17.8. The molecule has 0 spiro atoms. The molecule has 0 fully saturated rings. The number of methoxy groups -OCH3 is 1. The highest BCUT2D eigenvalue weighted by molar-refractivity contribution is 9.10. The summed E-state index contributed by atoms with van der Waals surface area (Å²) in [5.41, 5.74) is 0.608. The fourth-order valence-electron chi connectivity index (χ4n) is 0.848. The monoisotopic (exact) mass is 258 g/mol. The van der Waals surface area contributed by atoms with E-state index in [1.54, 1.807) is 12.1 Å². The standard InChI is InChI=1S/C10H8BrFO2/c1-14-10(13)5-3-7-2-4-8(11)9(12)6-7/h2-6H,1H3/b5-3+. The van der Waals surface area contributed by atoms with E-state index in [4.69, 9.17) is 0 Å². The molecule has 1 aromatic carbocycles. The maximum absolute atomic E-state index is 13.0. The largest absolute Gasteiger partial charge is 0.466 e. The highest BCUT2D eigenvalue weighted by Gasteiger charge is 1.98. The van der Waals surface area contributed by atoms with Crippen molar-refractivity contribution in [3.8, 4) is 0 Å². The van der Waals surface area contributed by atoms with Crippen LogP contribution in [0.15, 0.2) is 28.7 Å². The summed E-state index contributed by atoms with van der Waals surface area (Å²) in [6, 6.07) is 4.59. The van der Waals surface area contributed by atoms with Gasteiger partial charge in [-0.25, -0.2) is 9.18 Å². The molecule has 0 aliphatic carbocycles. The Morgan fingerprint density at radius 2 is 2.29 bits per heavy atom. The first kappa shape index (κ1) is 10.9. The summed E-state index contributed by atoms with van der Waals surface area (Å²) in [5, 5.41) is 0. The number of halogens is 2. The molecule has 0 radical (unpaired) electrons. The van der Waals surface area contributed by atoms with E-state index in [0.29, 0.717) is 10.0 Å². The van der Waals surface area contributed by atoms with Crippen molar-refractivity contribution in [2.75, 3.05) is 7.11 Å². The molecule has 0 aliphatic heterocycles. The molecular formula is C10H8BrFO2. The minimum Gasteiger partial charge on any atom is -0.466 e. The van der Waals surface area contributed by atoms with Gasteiger partial charge in [0.05, 0.1) is 11.6 Å². The first-order chi connectivity index (χ1) is 6.63. The number of hydrogen-bond acceptors (Lipinski definition) is 2. The van der Waals surface area contributed by atoms with Gasteiger partial charge in [0.15, 0.2) is 0 Å². The fraction of sp³-hybridized carbons (Fsp3) is 0.100. The third-order valence-electron chi connectivity index (χ3n) is 1.56. The lowest BCUT2D eigenvalue weighted by molar-refractivity contribution is -0.134. The Kier molecular flexibility index (Phi) is 3.83. The van der Waals surface area contributed by atoms with Crippen molar-refractivity contribution in [2.24, 2.45) is 0 Å². The van der Waals surface area contributed by atoms with Crippen LogP contribution in [0.4, 0.5) is 4.39 Å². The zero-order valence-corrected chi connectivity index (χ0v) is 9.05. The normalized spacial score (nSPS) is 10.5. The second kappa shape index (κ2) is 4.91. The molecule has 0 heterocycles. The van der Waals surface area contributed by atoms with Crippen molar-refractivity contribution in [2.45, 2.75) is 0 Å². The molecule has 0 saturated heterocycles. The van der Waals surface area contributed by atoms with E-state index in [2.05, 4.69) is 20.7 Å². The number of rotatable bonds is 2. The van der Waals surface area contributed by atoms with Crippen LogP contribution in [0.3, 0.4) is 0 Å². The molecule has 0 unspecified atom stereocenters. The Hall–Kier alpha value is -1.16. The molecule has 4 heteroatoms. The van der Waals surface area contributed by atoms with E-state index in [1.165, 1.54) is 25.3 Å². The average molecular weight is 259 g/mol. The summed E-state index contributed by atoms with van der Waals surface area (Å²) in [7, 11) is 1.29. The highest BCUT2D eigenvalue weighted by atomic mass is 79.9. The molecule has 1 aromatic rings. The van der Waals surface area contributed by atoms with Crippen LogP contribution >= 0.6 is 15.9 Å². The summed E-state index contributed by atoms with van der Waals surface area (Å²) in [6.07, 6.45) is 2.73. The van der Waals surface area contributed by atoms with Gasteiger partial charge >= 0.3 is 5.97 Å². The smallest absolute Gasteiger partial charge is 0.330 e. The van der Waals surface area contributed by atoms with Gasteiger partial charge in [0.2, 0.25) is 0 Å². The van der Waals surface area contributed by atoms with E-state index in [9.17, 15) is 9.18 Å². The highest BCUT2D eigenvalue weighted by Crippen LogP contribution is 2.16. The number of benzene rings is 1. The average Bonchev–Trinajstić information content (AvgIpc) is 2.19. The number of carbonyl (C=O) groups excluding carboxylic acids is 1. The lowest BCUT2D eigenvalue weighted by Gasteiger charge is -1.96. The Bertz CT molecular complexity index is 374. The molecule has 2 nitrogen and oxygen atoms in total. The van der Waals surface area contributed by atoms with Gasteiger partial charge in [0.25, 0.3) is 0 Å². The molecule has 1 rings (SSSR count). The maximum atomic E-state index is 13.0. The van der Waals surface area contributed by atoms with Crippen molar-refractivity contribution in [1.82, 2.24) is 0 Å². The van der Waals surface area contributed by atoms with Crippen molar-refractivity contribution in [1.29, 1.82) is 0 Å². The van der Waals surface area contributed by atoms with Crippen molar-refractivity contribution < 1.29 is 13.9 Å². The van der Waals surface area contributed by atoms with Crippen LogP contribution in [0.1, 0.15) is 5.56 Å². The van der Waals surface area contributed by atoms with E-state index in [-0.39, 0.29) is 5.82 Å². The molecular weight excluding hydrogens is 251 g/mol. The zero-order valence-electron chi connectivity index (χ0n) is 7.46. The zero-order chi connectivity index (χ0) is 10.6. The van der Waals surface area contributed by atoms with Crippen molar-refractivity contribution in [3.05, 3.63) is 40.1 Å². The molecule has 0 atom stereocenters. The van der Waals surface area contributed by atoms with Gasteiger partial charge < -0.3 is 4.74 Å². The fourth-order valence-corrected chi connectivity index (χ4v) is 1.09. The van der Waals surface area contributed by atoms with Gasteiger partial charge in [-0.1, -0.05) is 6.07 Å². The second-order valence-corrected chi connectivity index (χ2v) is 3.38. The summed E-state index contributed by atoms with van der Waals surface area (Å²) in [6.45, 7) is 0. The minimum atomic E-state index is -0.465. The van der Waals surface area contributed by atoms with Gasteiger partial charge in [-0.05, 0) is 39.7 Å². The van der Waals surface area contributed by atoms with Gasteiger partial charge in [-0.3, -0.25) is 0 Å². The molecule has 0 aliphatic rings. The molecule has 0 N–H and O–H groups in total.